The molecular formula is C12H15N3O2. The van der Waals surface area contributed by atoms with E-state index in [1.165, 1.54) is 0 Å². The monoisotopic (exact) mass is 233 g/mol. The fourth-order valence-electron chi connectivity index (χ4n) is 2.27. The van der Waals surface area contributed by atoms with Gasteiger partial charge in [0.2, 0.25) is 0 Å². The van der Waals surface area contributed by atoms with Gasteiger partial charge in [0.15, 0.2) is 0 Å². The number of imidazole rings is 1. The molecule has 0 amide bonds. The number of aliphatic hydroxyl groups is 1. The van der Waals surface area contributed by atoms with Gasteiger partial charge in [-0.25, -0.2) is 4.98 Å². The number of hydrogen-bond acceptors (Lipinski definition) is 4. The van der Waals surface area contributed by atoms with Crippen LogP contribution in [0.4, 0.5) is 5.82 Å². The summed E-state index contributed by atoms with van der Waals surface area (Å²) in [6.07, 6.45) is 3.72. The molecule has 2 aromatic heterocycles. The van der Waals surface area contributed by atoms with Crippen molar-refractivity contribution >= 4 is 11.5 Å². The minimum Gasteiger partial charge on any atom is -0.394 e. The Morgan fingerprint density at radius 3 is 3.29 bits per heavy atom. The molecule has 0 spiro atoms. The second kappa shape index (κ2) is 4.35. The highest BCUT2D eigenvalue weighted by Crippen LogP contribution is 2.20. The number of hydrogen-bond donors (Lipinski definition) is 1. The van der Waals surface area contributed by atoms with E-state index in [-0.39, 0.29) is 12.6 Å². The Morgan fingerprint density at radius 2 is 2.41 bits per heavy atom. The first-order valence-electron chi connectivity index (χ1n) is 5.77. The number of anilines is 1. The third-order valence-electron chi connectivity index (χ3n) is 3.14. The summed E-state index contributed by atoms with van der Waals surface area (Å²) in [6, 6.07) is 6.03. The molecule has 0 aromatic carbocycles. The van der Waals surface area contributed by atoms with Gasteiger partial charge in [0.25, 0.3) is 0 Å². The number of rotatable bonds is 2. The van der Waals surface area contributed by atoms with E-state index in [1.54, 1.807) is 6.20 Å². The summed E-state index contributed by atoms with van der Waals surface area (Å²) in [5, 5.41) is 9.40. The van der Waals surface area contributed by atoms with Crippen molar-refractivity contribution in [2.75, 3.05) is 31.3 Å². The van der Waals surface area contributed by atoms with Gasteiger partial charge in [0, 0.05) is 18.9 Å². The van der Waals surface area contributed by atoms with Crippen molar-refractivity contribution in [2.45, 2.75) is 6.04 Å². The number of pyridine rings is 1. The van der Waals surface area contributed by atoms with Gasteiger partial charge >= 0.3 is 0 Å². The normalized spacial score (nSPS) is 21.0. The molecule has 3 heterocycles. The highest BCUT2D eigenvalue weighted by Gasteiger charge is 2.23. The van der Waals surface area contributed by atoms with Crippen LogP contribution in [0.5, 0.6) is 0 Å². The fourth-order valence-corrected chi connectivity index (χ4v) is 2.27. The maximum absolute atomic E-state index is 9.40. The molecule has 5 nitrogen and oxygen atoms in total. The molecule has 1 fully saturated rings. The molecule has 1 atom stereocenters. The Labute approximate surface area is 99.3 Å². The minimum atomic E-state index is 0.0248. The van der Waals surface area contributed by atoms with Crippen LogP contribution in [0.2, 0.25) is 0 Å². The second-order valence-electron chi connectivity index (χ2n) is 4.14. The fraction of sp³-hybridized carbons (Fsp3) is 0.417. The number of morpholine rings is 1. The molecule has 1 unspecified atom stereocenters. The summed E-state index contributed by atoms with van der Waals surface area (Å²) >= 11 is 0. The zero-order chi connectivity index (χ0) is 11.7. The number of aliphatic hydroxyl groups excluding tert-OH is 1. The van der Waals surface area contributed by atoms with Gasteiger partial charge in [-0.05, 0) is 12.1 Å². The summed E-state index contributed by atoms with van der Waals surface area (Å²) in [5.41, 5.74) is 0.922. The van der Waals surface area contributed by atoms with E-state index in [9.17, 15) is 5.11 Å². The average molecular weight is 233 g/mol. The molecular weight excluding hydrogens is 218 g/mol. The maximum Gasteiger partial charge on any atom is 0.138 e. The number of aromatic nitrogens is 2. The Kier molecular flexibility index (Phi) is 2.70. The molecule has 2 aromatic rings. The first-order valence-corrected chi connectivity index (χ1v) is 5.77. The van der Waals surface area contributed by atoms with E-state index in [1.807, 2.05) is 28.8 Å². The van der Waals surface area contributed by atoms with Gasteiger partial charge in [0.05, 0.1) is 25.9 Å². The van der Waals surface area contributed by atoms with Crippen LogP contribution in [0, 0.1) is 0 Å². The SMILES string of the molecule is OCC1COCCN1c1cccc2nccn12. The maximum atomic E-state index is 9.40. The van der Waals surface area contributed by atoms with Crippen molar-refractivity contribution < 1.29 is 9.84 Å². The lowest BCUT2D eigenvalue weighted by Gasteiger charge is -2.36. The number of nitrogens with zero attached hydrogens (tertiary/aromatic N) is 3. The summed E-state index contributed by atoms with van der Waals surface area (Å²) in [5.74, 6) is 1.06. The predicted octanol–water partition coefficient (Wildman–Crippen LogP) is 0.532. The van der Waals surface area contributed by atoms with E-state index in [0.717, 1.165) is 18.0 Å². The highest BCUT2D eigenvalue weighted by atomic mass is 16.5. The molecule has 0 saturated carbocycles. The van der Waals surface area contributed by atoms with Crippen molar-refractivity contribution in [1.82, 2.24) is 9.38 Å². The van der Waals surface area contributed by atoms with Gasteiger partial charge in [-0.1, -0.05) is 6.07 Å². The lowest BCUT2D eigenvalue weighted by atomic mass is 10.2. The van der Waals surface area contributed by atoms with Crippen LogP contribution in [0.3, 0.4) is 0 Å². The van der Waals surface area contributed by atoms with Crippen LogP contribution in [0.15, 0.2) is 30.6 Å². The van der Waals surface area contributed by atoms with E-state index in [0.29, 0.717) is 13.2 Å². The van der Waals surface area contributed by atoms with E-state index in [4.69, 9.17) is 4.74 Å². The molecule has 0 radical (unpaired) electrons. The van der Waals surface area contributed by atoms with Gasteiger partial charge in [-0.3, -0.25) is 4.40 Å². The topological polar surface area (TPSA) is 50.0 Å². The molecule has 90 valence electrons. The summed E-state index contributed by atoms with van der Waals surface area (Å²) in [7, 11) is 0. The number of fused-ring (bicyclic) bond motifs is 1. The van der Waals surface area contributed by atoms with E-state index in [2.05, 4.69) is 9.88 Å². The van der Waals surface area contributed by atoms with Crippen LogP contribution < -0.4 is 4.90 Å². The summed E-state index contributed by atoms with van der Waals surface area (Å²) < 4.78 is 7.43. The Hall–Kier alpha value is -1.59. The van der Waals surface area contributed by atoms with E-state index < -0.39 is 0 Å². The lowest BCUT2D eigenvalue weighted by molar-refractivity contribution is 0.0722. The van der Waals surface area contributed by atoms with E-state index >= 15 is 0 Å². The Bertz CT molecular complexity index is 511. The van der Waals surface area contributed by atoms with Crippen LogP contribution in [0.1, 0.15) is 0 Å². The summed E-state index contributed by atoms with van der Waals surface area (Å²) in [4.78, 5) is 6.45. The molecule has 17 heavy (non-hydrogen) atoms. The predicted molar refractivity (Wildman–Crippen MR) is 64.2 cm³/mol. The number of ether oxygens (including phenoxy) is 1. The van der Waals surface area contributed by atoms with Crippen LogP contribution in [-0.4, -0.2) is 46.9 Å². The molecule has 1 N–H and O–H groups in total. The zero-order valence-corrected chi connectivity index (χ0v) is 9.49. The smallest absolute Gasteiger partial charge is 0.138 e. The molecule has 0 bridgehead atoms. The van der Waals surface area contributed by atoms with Crippen LogP contribution >= 0.6 is 0 Å². The summed E-state index contributed by atoms with van der Waals surface area (Å²) in [6.45, 7) is 2.16. The molecule has 1 aliphatic rings. The zero-order valence-electron chi connectivity index (χ0n) is 9.49. The largest absolute Gasteiger partial charge is 0.394 e. The highest BCUT2D eigenvalue weighted by molar-refractivity contribution is 5.52. The quantitative estimate of drug-likeness (QED) is 0.822. The third kappa shape index (κ3) is 1.77. The van der Waals surface area contributed by atoms with Crippen molar-refractivity contribution in [3.05, 3.63) is 30.6 Å². The molecule has 1 aliphatic heterocycles. The Balaban J connectivity index is 2.04. The third-order valence-corrected chi connectivity index (χ3v) is 3.14. The first kappa shape index (κ1) is 10.6. The molecule has 3 rings (SSSR count). The minimum absolute atomic E-state index is 0.0248. The molecule has 0 aliphatic carbocycles. The van der Waals surface area contributed by atoms with Crippen LogP contribution in [0.25, 0.3) is 5.65 Å². The first-order chi connectivity index (χ1) is 8.40. The Morgan fingerprint density at radius 1 is 1.47 bits per heavy atom. The van der Waals surface area contributed by atoms with Crippen molar-refractivity contribution in [2.24, 2.45) is 0 Å². The van der Waals surface area contributed by atoms with Crippen molar-refractivity contribution in [3.63, 3.8) is 0 Å². The molecule has 5 heteroatoms. The van der Waals surface area contributed by atoms with Gasteiger partial charge in [-0.15, -0.1) is 0 Å². The molecule has 1 saturated heterocycles. The van der Waals surface area contributed by atoms with Gasteiger partial charge in [-0.2, -0.15) is 0 Å². The standard InChI is InChI=1S/C12H15N3O2/c16-8-10-9-17-7-6-14(10)12-3-1-2-11-13-4-5-15(11)12/h1-5,10,16H,6-9H2. The van der Waals surface area contributed by atoms with Gasteiger partial charge in [0.1, 0.15) is 11.5 Å². The average Bonchev–Trinajstić information content (AvgIpc) is 2.86. The lowest BCUT2D eigenvalue weighted by Crippen LogP contribution is -2.48. The van der Waals surface area contributed by atoms with Crippen molar-refractivity contribution in [1.29, 1.82) is 0 Å². The second-order valence-corrected chi connectivity index (χ2v) is 4.14. The van der Waals surface area contributed by atoms with Crippen LogP contribution in [-0.2, 0) is 4.74 Å². The van der Waals surface area contributed by atoms with Gasteiger partial charge < -0.3 is 14.7 Å². The van der Waals surface area contributed by atoms with Crippen molar-refractivity contribution in [3.8, 4) is 0 Å².